The van der Waals surface area contributed by atoms with Crippen LogP contribution in [0.3, 0.4) is 0 Å². The summed E-state index contributed by atoms with van der Waals surface area (Å²) in [5.41, 5.74) is 7.67. The number of halogens is 1. The third-order valence-corrected chi connectivity index (χ3v) is 6.42. The Kier molecular flexibility index (Phi) is 7.67. The number of nitrogens with zero attached hydrogens (tertiary/aromatic N) is 2. The van der Waals surface area contributed by atoms with Crippen molar-refractivity contribution in [1.82, 2.24) is 4.57 Å². The molecular formula is C31H27ClN2O2. The normalized spacial score (nSPS) is 14.0. The fourth-order valence-electron chi connectivity index (χ4n) is 4.40. The van der Waals surface area contributed by atoms with Crippen LogP contribution in [-0.2, 0) is 6.54 Å². The monoisotopic (exact) mass is 494 g/mol. The van der Waals surface area contributed by atoms with Gasteiger partial charge in [0.2, 0.25) is 5.70 Å². The molecule has 0 unspecified atom stereocenters. The van der Waals surface area contributed by atoms with E-state index in [9.17, 15) is 10.1 Å². The zero-order chi connectivity index (χ0) is 25.7. The first-order chi connectivity index (χ1) is 17.4. The first kappa shape index (κ1) is 25.0. The summed E-state index contributed by atoms with van der Waals surface area (Å²) < 4.78 is 2.25. The molecule has 1 aromatic heterocycles. The van der Waals surface area contributed by atoms with Gasteiger partial charge in [0.15, 0.2) is 0 Å². The fraction of sp³-hybridized carbons (Fsp3) is 0.0968. The van der Waals surface area contributed by atoms with Crippen molar-refractivity contribution in [2.24, 2.45) is 0 Å². The van der Waals surface area contributed by atoms with Gasteiger partial charge in [-0.05, 0) is 70.0 Å². The molecule has 0 radical (unpaired) electrons. The number of allylic oxidation sites excluding steroid dienone is 7. The number of rotatable bonds is 5. The van der Waals surface area contributed by atoms with Gasteiger partial charge >= 0.3 is 0 Å². The number of benzene rings is 3. The quantitative estimate of drug-likeness (QED) is 0.206. The van der Waals surface area contributed by atoms with Crippen molar-refractivity contribution in [1.29, 1.82) is 0 Å². The minimum atomic E-state index is -0.371. The predicted octanol–water partition coefficient (Wildman–Crippen LogP) is 8.57. The van der Waals surface area contributed by atoms with Gasteiger partial charge in [-0.3, -0.25) is 10.1 Å². The minimum Gasteiger partial charge on any atom is -0.343 e. The van der Waals surface area contributed by atoms with E-state index in [1.54, 1.807) is 12.2 Å². The summed E-state index contributed by atoms with van der Waals surface area (Å²) in [6.07, 6.45) is 7.48. The second kappa shape index (κ2) is 11.1. The van der Waals surface area contributed by atoms with Crippen LogP contribution < -0.4 is 0 Å². The maximum Gasteiger partial charge on any atom is 0.243 e. The lowest BCUT2D eigenvalue weighted by Crippen LogP contribution is -1.97. The Morgan fingerprint density at radius 3 is 2.31 bits per heavy atom. The van der Waals surface area contributed by atoms with Crippen LogP contribution in [0.2, 0.25) is 5.02 Å². The van der Waals surface area contributed by atoms with Crippen molar-refractivity contribution < 1.29 is 4.92 Å². The first-order valence-corrected chi connectivity index (χ1v) is 12.0. The van der Waals surface area contributed by atoms with Crippen LogP contribution in [0.15, 0.2) is 121 Å². The maximum atomic E-state index is 10.8. The highest BCUT2D eigenvalue weighted by molar-refractivity contribution is 6.30. The molecule has 1 aliphatic carbocycles. The van der Waals surface area contributed by atoms with Gasteiger partial charge in [-0.1, -0.05) is 84.9 Å². The highest BCUT2D eigenvalue weighted by Crippen LogP contribution is 2.42. The van der Waals surface area contributed by atoms with Crippen LogP contribution in [0.1, 0.15) is 30.5 Å². The van der Waals surface area contributed by atoms with Crippen LogP contribution in [0.4, 0.5) is 0 Å². The van der Waals surface area contributed by atoms with Gasteiger partial charge in [0.1, 0.15) is 0 Å². The highest BCUT2D eigenvalue weighted by atomic mass is 35.5. The molecule has 0 saturated carbocycles. The fourth-order valence-corrected chi connectivity index (χ4v) is 4.53. The predicted molar refractivity (Wildman–Crippen MR) is 150 cm³/mol. The first-order valence-electron chi connectivity index (χ1n) is 11.7. The molecule has 0 spiro atoms. The molecule has 36 heavy (non-hydrogen) atoms. The van der Waals surface area contributed by atoms with Crippen LogP contribution in [0, 0.1) is 10.1 Å². The molecule has 1 aliphatic rings. The SMILES string of the molecule is C=CC1=C(/C=C(\C)[N+](=O)[O-])/C(=C/C)c2ccccc21.Clc1ccc(Cn2ccc3ccccc32)cc1. The van der Waals surface area contributed by atoms with Crippen LogP contribution in [0.5, 0.6) is 0 Å². The maximum absolute atomic E-state index is 10.8. The summed E-state index contributed by atoms with van der Waals surface area (Å²) in [6, 6.07) is 26.5. The number of para-hydroxylation sites is 1. The van der Waals surface area contributed by atoms with Gasteiger partial charge in [0, 0.05) is 36.3 Å². The van der Waals surface area contributed by atoms with E-state index in [0.29, 0.717) is 0 Å². The lowest BCUT2D eigenvalue weighted by Gasteiger charge is -2.05. The van der Waals surface area contributed by atoms with Gasteiger partial charge in [-0.25, -0.2) is 0 Å². The molecule has 0 saturated heterocycles. The van der Waals surface area contributed by atoms with E-state index < -0.39 is 0 Å². The zero-order valence-electron chi connectivity index (χ0n) is 20.3. The van der Waals surface area contributed by atoms with Gasteiger partial charge in [-0.2, -0.15) is 0 Å². The zero-order valence-corrected chi connectivity index (χ0v) is 21.1. The molecule has 4 nitrogen and oxygen atoms in total. The van der Waals surface area contributed by atoms with Crippen molar-refractivity contribution in [3.8, 4) is 0 Å². The molecule has 0 fully saturated rings. The second-order valence-electron chi connectivity index (χ2n) is 8.45. The summed E-state index contributed by atoms with van der Waals surface area (Å²) >= 11 is 5.88. The van der Waals surface area contributed by atoms with E-state index in [2.05, 4.69) is 59.8 Å². The van der Waals surface area contributed by atoms with E-state index in [1.807, 2.05) is 49.4 Å². The van der Waals surface area contributed by atoms with Crippen molar-refractivity contribution in [3.63, 3.8) is 0 Å². The Hall–Kier alpha value is -4.15. The van der Waals surface area contributed by atoms with Gasteiger partial charge < -0.3 is 4.57 Å². The van der Waals surface area contributed by atoms with E-state index in [1.165, 1.54) is 23.4 Å². The molecule has 0 bridgehead atoms. The number of hydrogen-bond donors (Lipinski definition) is 0. The van der Waals surface area contributed by atoms with Crippen molar-refractivity contribution in [2.75, 3.05) is 0 Å². The second-order valence-corrected chi connectivity index (χ2v) is 8.89. The molecule has 0 N–H and O–H groups in total. The average Bonchev–Trinajstić information content (AvgIpc) is 3.43. The van der Waals surface area contributed by atoms with E-state index in [0.717, 1.165) is 39.4 Å². The molecule has 1 heterocycles. The van der Waals surface area contributed by atoms with Gasteiger partial charge in [0.05, 0.1) is 4.92 Å². The highest BCUT2D eigenvalue weighted by Gasteiger charge is 2.23. The largest absolute Gasteiger partial charge is 0.343 e. The molecule has 0 atom stereocenters. The van der Waals surface area contributed by atoms with Gasteiger partial charge in [-0.15, -0.1) is 0 Å². The van der Waals surface area contributed by atoms with E-state index in [-0.39, 0.29) is 10.6 Å². The average molecular weight is 495 g/mol. The molecular weight excluding hydrogens is 468 g/mol. The molecule has 5 heteroatoms. The Bertz CT molecular complexity index is 1520. The molecule has 0 aliphatic heterocycles. The number of hydrogen-bond acceptors (Lipinski definition) is 2. The Morgan fingerprint density at radius 1 is 0.972 bits per heavy atom. The standard InChI is InChI=1S/C16H15NO2.C15H12ClN/c1-4-12-14-8-6-7-9-15(14)13(5-2)16(12)10-11(3)17(18)19;16-14-7-5-12(6-8-14)11-17-10-9-13-3-1-2-4-15(13)17/h4-10H,1H2,2-3H3;1-10H,11H2/b11-10+,13-5+;. The number of fused-ring (bicyclic) bond motifs is 2. The molecule has 0 amide bonds. The van der Waals surface area contributed by atoms with Crippen LogP contribution in [-0.4, -0.2) is 9.49 Å². The summed E-state index contributed by atoms with van der Waals surface area (Å²) in [5.74, 6) is 0. The molecule has 3 aromatic carbocycles. The van der Waals surface area contributed by atoms with Crippen LogP contribution in [0.25, 0.3) is 22.0 Å². The Morgan fingerprint density at radius 2 is 1.64 bits per heavy atom. The Labute approximate surface area is 216 Å². The van der Waals surface area contributed by atoms with Crippen molar-refractivity contribution in [2.45, 2.75) is 20.4 Å². The minimum absolute atomic E-state index is 0.126. The van der Waals surface area contributed by atoms with E-state index in [4.69, 9.17) is 11.6 Å². The number of aromatic nitrogens is 1. The van der Waals surface area contributed by atoms with Gasteiger partial charge in [0.25, 0.3) is 0 Å². The summed E-state index contributed by atoms with van der Waals surface area (Å²) in [6.45, 7) is 8.15. The van der Waals surface area contributed by atoms with Crippen LogP contribution >= 0.6 is 11.6 Å². The third-order valence-electron chi connectivity index (χ3n) is 6.17. The van der Waals surface area contributed by atoms with E-state index >= 15 is 0 Å². The van der Waals surface area contributed by atoms with Crippen molar-refractivity contribution >= 4 is 33.7 Å². The summed E-state index contributed by atoms with van der Waals surface area (Å²) in [5, 5.41) is 12.9. The number of nitro groups is 1. The summed E-state index contributed by atoms with van der Waals surface area (Å²) in [4.78, 5) is 10.4. The third kappa shape index (κ3) is 5.24. The lowest BCUT2D eigenvalue weighted by atomic mass is 10.0. The Balaban J connectivity index is 0.000000170. The lowest BCUT2D eigenvalue weighted by molar-refractivity contribution is -0.424. The van der Waals surface area contributed by atoms with Crippen molar-refractivity contribution in [3.05, 3.63) is 153 Å². The topological polar surface area (TPSA) is 48.1 Å². The molecule has 180 valence electrons. The molecule has 5 rings (SSSR count). The molecule has 4 aromatic rings. The smallest absolute Gasteiger partial charge is 0.243 e. The summed E-state index contributed by atoms with van der Waals surface area (Å²) in [7, 11) is 0.